The molecule has 0 bridgehead atoms. The van der Waals surface area contributed by atoms with Crippen LogP contribution in [-0.4, -0.2) is 26.1 Å². The van der Waals surface area contributed by atoms with E-state index in [-0.39, 0.29) is 11.7 Å². The van der Waals surface area contributed by atoms with Crippen LogP contribution in [0.15, 0.2) is 83.8 Å². The van der Waals surface area contributed by atoms with Gasteiger partial charge in [-0.15, -0.1) is 16.9 Å². The number of halogens is 1. The number of carbonyl (C=O) groups is 1. The van der Waals surface area contributed by atoms with Crippen LogP contribution in [0.25, 0.3) is 5.69 Å². The SMILES string of the molecule is O=C(NCc1ccc(F)cc1)c1ccccc1SCc1nnnn1-c1ccccc1. The molecular weight excluding hydrogens is 401 g/mol. The van der Waals surface area contributed by atoms with Gasteiger partial charge >= 0.3 is 0 Å². The Kier molecular flexibility index (Phi) is 6.14. The normalized spacial score (nSPS) is 10.7. The molecule has 8 heteroatoms. The van der Waals surface area contributed by atoms with Crippen LogP contribution in [0.2, 0.25) is 0 Å². The molecule has 0 spiro atoms. The fourth-order valence-electron chi connectivity index (χ4n) is 2.87. The van der Waals surface area contributed by atoms with Crippen molar-refractivity contribution in [3.05, 3.63) is 102 Å². The number of amides is 1. The van der Waals surface area contributed by atoms with Gasteiger partial charge in [0.05, 0.1) is 17.0 Å². The summed E-state index contributed by atoms with van der Waals surface area (Å²) in [5.74, 6) is 0.701. The number of carbonyl (C=O) groups excluding carboxylic acids is 1. The van der Waals surface area contributed by atoms with Gasteiger partial charge in [0.15, 0.2) is 5.82 Å². The first kappa shape index (κ1) is 19.8. The second-order valence-electron chi connectivity index (χ2n) is 6.44. The van der Waals surface area contributed by atoms with Gasteiger partial charge in [-0.3, -0.25) is 4.79 Å². The van der Waals surface area contributed by atoms with Crippen LogP contribution in [-0.2, 0) is 12.3 Å². The van der Waals surface area contributed by atoms with Crippen LogP contribution < -0.4 is 5.32 Å². The molecule has 0 aliphatic carbocycles. The smallest absolute Gasteiger partial charge is 0.252 e. The molecule has 0 fully saturated rings. The van der Waals surface area contributed by atoms with E-state index < -0.39 is 0 Å². The van der Waals surface area contributed by atoms with Gasteiger partial charge in [-0.1, -0.05) is 42.5 Å². The summed E-state index contributed by atoms with van der Waals surface area (Å²) in [5, 5.41) is 14.8. The molecule has 0 aliphatic rings. The molecule has 150 valence electrons. The number of para-hydroxylation sites is 1. The molecule has 0 aliphatic heterocycles. The Balaban J connectivity index is 1.44. The summed E-state index contributed by atoms with van der Waals surface area (Å²) in [7, 11) is 0. The zero-order valence-electron chi connectivity index (χ0n) is 15.9. The number of tetrazole rings is 1. The van der Waals surface area contributed by atoms with Crippen molar-refractivity contribution in [3.63, 3.8) is 0 Å². The van der Waals surface area contributed by atoms with E-state index in [4.69, 9.17) is 0 Å². The van der Waals surface area contributed by atoms with E-state index >= 15 is 0 Å². The number of benzene rings is 3. The topological polar surface area (TPSA) is 72.7 Å². The third-order valence-electron chi connectivity index (χ3n) is 4.39. The minimum absolute atomic E-state index is 0.190. The van der Waals surface area contributed by atoms with Crippen LogP contribution in [0.5, 0.6) is 0 Å². The van der Waals surface area contributed by atoms with Crippen molar-refractivity contribution >= 4 is 17.7 Å². The standard InChI is InChI=1S/C22H18FN5OS/c23-17-12-10-16(11-13-17)14-24-22(29)19-8-4-5-9-20(19)30-15-21-25-26-27-28(21)18-6-2-1-3-7-18/h1-13H,14-15H2,(H,24,29). The number of hydrogen-bond donors (Lipinski definition) is 1. The minimum Gasteiger partial charge on any atom is -0.348 e. The maximum Gasteiger partial charge on any atom is 0.252 e. The maximum absolute atomic E-state index is 13.0. The highest BCUT2D eigenvalue weighted by Crippen LogP contribution is 2.26. The quantitative estimate of drug-likeness (QED) is 0.458. The molecule has 6 nitrogen and oxygen atoms in total. The summed E-state index contributed by atoms with van der Waals surface area (Å²) >= 11 is 1.49. The van der Waals surface area contributed by atoms with Crippen LogP contribution in [0, 0.1) is 5.82 Å². The van der Waals surface area contributed by atoms with Crippen molar-refractivity contribution in [1.29, 1.82) is 0 Å². The first-order chi connectivity index (χ1) is 14.7. The highest BCUT2D eigenvalue weighted by molar-refractivity contribution is 7.98. The fraction of sp³-hybridized carbons (Fsp3) is 0.0909. The van der Waals surface area contributed by atoms with Gasteiger partial charge in [0, 0.05) is 11.4 Å². The number of hydrogen-bond acceptors (Lipinski definition) is 5. The van der Waals surface area contributed by atoms with Gasteiger partial charge in [-0.2, -0.15) is 4.68 Å². The first-order valence-electron chi connectivity index (χ1n) is 9.28. The molecule has 0 saturated carbocycles. The van der Waals surface area contributed by atoms with Crippen molar-refractivity contribution in [2.45, 2.75) is 17.2 Å². The molecule has 3 aromatic carbocycles. The van der Waals surface area contributed by atoms with E-state index in [1.54, 1.807) is 22.9 Å². The average molecular weight is 419 g/mol. The lowest BCUT2D eigenvalue weighted by Gasteiger charge is -2.10. The lowest BCUT2D eigenvalue weighted by molar-refractivity contribution is 0.0948. The number of aromatic nitrogens is 4. The molecule has 30 heavy (non-hydrogen) atoms. The molecule has 1 amide bonds. The van der Waals surface area contributed by atoms with Gasteiger partial charge in [-0.05, 0) is 52.4 Å². The molecule has 4 aromatic rings. The van der Waals surface area contributed by atoms with Gasteiger partial charge in [0.1, 0.15) is 5.82 Å². The largest absolute Gasteiger partial charge is 0.348 e. The lowest BCUT2D eigenvalue weighted by Crippen LogP contribution is -2.23. The van der Waals surface area contributed by atoms with E-state index in [2.05, 4.69) is 20.8 Å². The van der Waals surface area contributed by atoms with E-state index in [0.29, 0.717) is 23.7 Å². The van der Waals surface area contributed by atoms with Crippen LogP contribution >= 0.6 is 11.8 Å². The van der Waals surface area contributed by atoms with Crippen LogP contribution in [0.3, 0.4) is 0 Å². The van der Waals surface area contributed by atoms with Crippen molar-refractivity contribution < 1.29 is 9.18 Å². The molecule has 1 heterocycles. The first-order valence-corrected chi connectivity index (χ1v) is 10.3. The van der Waals surface area contributed by atoms with Crippen LogP contribution in [0.4, 0.5) is 4.39 Å². The van der Waals surface area contributed by atoms with Crippen molar-refractivity contribution in [1.82, 2.24) is 25.5 Å². The second kappa shape index (κ2) is 9.32. The molecule has 4 rings (SSSR count). The predicted molar refractivity (Wildman–Crippen MR) is 113 cm³/mol. The second-order valence-corrected chi connectivity index (χ2v) is 7.45. The highest BCUT2D eigenvalue weighted by atomic mass is 32.2. The average Bonchev–Trinajstić information content (AvgIpc) is 3.26. The summed E-state index contributed by atoms with van der Waals surface area (Å²) in [4.78, 5) is 13.5. The van der Waals surface area contributed by atoms with E-state index in [1.165, 1.54) is 23.9 Å². The van der Waals surface area contributed by atoms with Gasteiger partial charge in [0.2, 0.25) is 0 Å². The Labute approximate surface area is 177 Å². The van der Waals surface area contributed by atoms with Crippen LogP contribution in [0.1, 0.15) is 21.7 Å². The molecular formula is C22H18FN5OS. The number of nitrogens with one attached hydrogen (secondary N) is 1. The third-order valence-corrected chi connectivity index (χ3v) is 5.46. The Morgan fingerprint density at radius 3 is 2.50 bits per heavy atom. The van der Waals surface area contributed by atoms with Gasteiger partial charge < -0.3 is 5.32 Å². The zero-order valence-corrected chi connectivity index (χ0v) is 16.7. The zero-order chi connectivity index (χ0) is 20.8. The Bertz CT molecular complexity index is 1130. The number of rotatable bonds is 7. The van der Waals surface area contributed by atoms with Crippen molar-refractivity contribution in [3.8, 4) is 5.69 Å². The summed E-state index contributed by atoms with van der Waals surface area (Å²) < 4.78 is 14.7. The number of nitrogens with zero attached hydrogens (tertiary/aromatic N) is 4. The highest BCUT2D eigenvalue weighted by Gasteiger charge is 2.14. The Hall–Kier alpha value is -3.52. The van der Waals surface area contributed by atoms with E-state index in [0.717, 1.165) is 16.1 Å². The maximum atomic E-state index is 13.0. The summed E-state index contributed by atoms with van der Waals surface area (Å²) in [6, 6.07) is 23.1. The number of thioether (sulfide) groups is 1. The molecule has 0 saturated heterocycles. The molecule has 1 aromatic heterocycles. The molecule has 0 atom stereocenters. The van der Waals surface area contributed by atoms with Gasteiger partial charge in [-0.25, -0.2) is 4.39 Å². The van der Waals surface area contributed by atoms with Crippen molar-refractivity contribution in [2.24, 2.45) is 0 Å². The predicted octanol–water partition coefficient (Wildman–Crippen LogP) is 4.02. The Morgan fingerprint density at radius 2 is 1.70 bits per heavy atom. The summed E-state index contributed by atoms with van der Waals surface area (Å²) in [5.41, 5.74) is 2.28. The van der Waals surface area contributed by atoms with Crippen molar-refractivity contribution in [2.75, 3.05) is 0 Å². The summed E-state index contributed by atoms with van der Waals surface area (Å²) in [6.07, 6.45) is 0. The summed E-state index contributed by atoms with van der Waals surface area (Å²) in [6.45, 7) is 0.324. The Morgan fingerprint density at radius 1 is 0.967 bits per heavy atom. The monoisotopic (exact) mass is 419 g/mol. The fourth-order valence-corrected chi connectivity index (χ4v) is 3.82. The van der Waals surface area contributed by atoms with Gasteiger partial charge in [0.25, 0.3) is 5.91 Å². The minimum atomic E-state index is -0.301. The molecule has 1 N–H and O–H groups in total. The van der Waals surface area contributed by atoms with E-state index in [9.17, 15) is 9.18 Å². The lowest BCUT2D eigenvalue weighted by atomic mass is 10.2. The molecule has 0 unspecified atom stereocenters. The molecule has 0 radical (unpaired) electrons. The third kappa shape index (κ3) is 4.72. The van der Waals surface area contributed by atoms with E-state index in [1.807, 2.05) is 48.5 Å².